The van der Waals surface area contributed by atoms with Crippen LogP contribution in [0.1, 0.15) is 73.7 Å². The first kappa shape index (κ1) is 80.7. The van der Waals surface area contributed by atoms with E-state index in [-0.39, 0.29) is 81.9 Å². The van der Waals surface area contributed by atoms with Gasteiger partial charge in [0.1, 0.15) is 0 Å². The quantitative estimate of drug-likeness (QED) is 0.0188. The molecule has 0 aliphatic heterocycles. The number of nitrogens with one attached hydrogen (secondary N) is 1. The van der Waals surface area contributed by atoms with Crippen molar-refractivity contribution < 1.29 is 81.6 Å². The number of anilines is 3. The van der Waals surface area contributed by atoms with Crippen molar-refractivity contribution >= 4 is 152 Å². The molecule has 0 aromatic heterocycles. The second-order valence-corrected chi connectivity index (χ2v) is 24.3. The minimum Gasteiger partial charge on any atom is -0.481 e. The van der Waals surface area contributed by atoms with Crippen molar-refractivity contribution in [1.82, 2.24) is 0 Å². The molecule has 21 nitrogen and oxygen atoms in total. The second kappa shape index (κ2) is 39.4. The van der Waals surface area contributed by atoms with E-state index in [0.717, 1.165) is 63.5 Å². The van der Waals surface area contributed by atoms with Crippen molar-refractivity contribution in [3.05, 3.63) is 198 Å². The molecule has 0 spiro atoms. The van der Waals surface area contributed by atoms with Gasteiger partial charge >= 0.3 is 47.5 Å². The summed E-state index contributed by atoms with van der Waals surface area (Å²) in [7, 11) is 4.10. The zero-order chi connectivity index (χ0) is 64.4. The number of carboxylic acid groups (broad SMARTS) is 1. The number of amides is 1. The van der Waals surface area contributed by atoms with E-state index in [1.807, 2.05) is 78.8 Å². The molecule has 0 unspecified atom stereocenters. The first-order valence-corrected chi connectivity index (χ1v) is 29.9. The molecule has 6 N–H and O–H groups in total. The van der Waals surface area contributed by atoms with Gasteiger partial charge in [0.25, 0.3) is 20.4 Å². The van der Waals surface area contributed by atoms with Crippen LogP contribution in [-0.4, -0.2) is 61.4 Å². The third kappa shape index (κ3) is 30.1. The molecule has 0 saturated heterocycles. The zero-order valence-corrected chi connectivity index (χ0v) is 59.5. The van der Waals surface area contributed by atoms with Gasteiger partial charge in [0.2, 0.25) is 5.91 Å². The van der Waals surface area contributed by atoms with Gasteiger partial charge in [0.05, 0.1) is 48.2 Å². The van der Waals surface area contributed by atoms with Gasteiger partial charge in [0, 0.05) is 81.3 Å². The first-order valence-electron chi connectivity index (χ1n) is 23.6. The number of hydrogen-bond acceptors (Lipinski definition) is 17. The Hall–Kier alpha value is -5.36. The van der Waals surface area contributed by atoms with Gasteiger partial charge in [-0.05, 0) is 178 Å². The van der Waals surface area contributed by atoms with Crippen LogP contribution in [0.2, 0.25) is 0 Å². The molecule has 0 saturated carbocycles. The molecule has 0 aliphatic rings. The maximum Gasteiger partial charge on any atom is 1.00 e. The first-order chi connectivity index (χ1) is 38.3. The molecule has 0 aliphatic carbocycles. The fraction of sp³-hybridized carbons (Fsp3) is 0.273. The fourth-order valence-corrected chi connectivity index (χ4v) is 9.44. The number of carbonyl (C=O) groups is 4. The molecule has 0 heterocycles. The van der Waals surface area contributed by atoms with Crippen LogP contribution in [0.25, 0.3) is 0 Å². The average molecular weight is 1540 g/mol. The maximum atomic E-state index is 11.2. The summed E-state index contributed by atoms with van der Waals surface area (Å²) in [6, 6.07) is 22.1. The van der Waals surface area contributed by atoms with Crippen molar-refractivity contribution in [3.8, 4) is 0 Å². The van der Waals surface area contributed by atoms with Crippen LogP contribution in [-0.2, 0) is 57.0 Å². The number of non-ortho nitro benzene ring substituents is 2. The number of methoxy groups -OCH3 is 2. The number of nitrogen functional groups attached to an aromatic ring is 2. The van der Waals surface area contributed by atoms with Crippen molar-refractivity contribution in [3.63, 3.8) is 0 Å². The topological polar surface area (TPSA) is 344 Å². The number of benzene rings is 6. The van der Waals surface area contributed by atoms with Gasteiger partial charge in [-0.2, -0.15) is 0 Å². The van der Waals surface area contributed by atoms with Gasteiger partial charge in [-0.25, -0.2) is 8.42 Å². The molecule has 29 heteroatoms. The van der Waals surface area contributed by atoms with Crippen LogP contribution in [0, 0.1) is 92.7 Å². The number of hydrogen-bond donors (Lipinski definition) is 4. The molecule has 0 atom stereocenters. The minimum absolute atomic E-state index is 0. The van der Waals surface area contributed by atoms with Crippen LogP contribution >= 0.6 is 90.3 Å². The number of nitro benzene ring substituents is 2. The molecule has 0 bridgehead atoms. The predicted octanol–water partition coefficient (Wildman–Crippen LogP) is 11.9. The Bertz CT molecular complexity index is 3360. The molecule has 84 heavy (non-hydrogen) atoms. The Balaban J connectivity index is 0. The van der Waals surface area contributed by atoms with E-state index in [9.17, 15) is 47.8 Å². The van der Waals surface area contributed by atoms with Crippen molar-refractivity contribution in [2.45, 2.75) is 93.4 Å². The summed E-state index contributed by atoms with van der Waals surface area (Å²) in [6.45, 7) is 18.6. The Morgan fingerprint density at radius 1 is 0.571 bits per heavy atom. The Labute approximate surface area is 556 Å². The van der Waals surface area contributed by atoms with E-state index in [0.29, 0.717) is 36.9 Å². The fourth-order valence-electron chi connectivity index (χ4n) is 7.01. The Kier molecular flexibility index (Phi) is 37.8. The summed E-state index contributed by atoms with van der Waals surface area (Å²) in [5, 5.41) is 41.3. The summed E-state index contributed by atoms with van der Waals surface area (Å²) in [6.07, 6.45) is -0.00968. The molecule has 6 aromatic carbocycles. The number of nitrogens with zero attached hydrogens (tertiary/aromatic N) is 3. The summed E-state index contributed by atoms with van der Waals surface area (Å²) < 4.78 is 35.8. The van der Waals surface area contributed by atoms with Crippen LogP contribution in [0.5, 0.6) is 0 Å². The summed E-state index contributed by atoms with van der Waals surface area (Å²) in [5.74, 6) is -1.78. The molecule has 1 amide bonds. The van der Waals surface area contributed by atoms with E-state index < -0.39 is 25.9 Å². The number of ether oxygens (including phenoxy) is 2. The average Bonchev–Trinajstić information content (AvgIpc) is 3.37. The molecule has 450 valence electrons. The monoisotopic (exact) mass is 1530 g/mol. The van der Waals surface area contributed by atoms with E-state index in [2.05, 4.69) is 101 Å². The number of carbonyl (C=O) groups excluding carboxylic acids is 3. The number of nitrogens with two attached hydrogens (primary N) is 2. The number of nitro groups is 2. The van der Waals surface area contributed by atoms with Crippen LogP contribution in [0.3, 0.4) is 0 Å². The molecular weight excluding hydrogens is 1470 g/mol. The minimum atomic E-state index is -3.81. The van der Waals surface area contributed by atoms with E-state index in [4.69, 9.17) is 37.4 Å². The third-order valence-corrected chi connectivity index (χ3v) is 17.8. The van der Waals surface area contributed by atoms with Crippen LogP contribution in [0.4, 0.5) is 28.4 Å². The van der Waals surface area contributed by atoms with Crippen molar-refractivity contribution in [2.75, 3.05) is 31.0 Å². The third-order valence-electron chi connectivity index (χ3n) is 10.6. The number of rotatable bonds is 10. The number of halogens is 6. The Morgan fingerprint density at radius 2 is 0.893 bits per heavy atom. The van der Waals surface area contributed by atoms with Gasteiger partial charge < -0.3 is 41.5 Å². The SMILES string of the molecule is CC(=O)Nc1cc(C)c(Br)c(C)c1.COC(=O)Cc1cc(N)cc(C)c1Br.COC(=O)Cc1cc(S(=O)(=O)Cl)cc(C)c1Br.Cc1cc(C)cc(N)c1.Cc1cc([N+](=O)[O-])cc(C)c1Br.Cc1cc([N+](=O)[O-])cc(CC(=O)O)c1Br.O=N[O-].[Na+]. The number of aliphatic carboxylic acids is 1. The zero-order valence-electron chi connectivity index (χ0n) is 48.0. The van der Waals surface area contributed by atoms with Crippen LogP contribution in [0.15, 0.2) is 111 Å². The van der Waals surface area contributed by atoms with Gasteiger partial charge in [-0.15, -0.1) is 5.34 Å². The van der Waals surface area contributed by atoms with Crippen LogP contribution < -0.4 is 46.3 Å². The van der Waals surface area contributed by atoms with E-state index >= 15 is 0 Å². The van der Waals surface area contributed by atoms with E-state index in [1.165, 1.54) is 56.5 Å². The van der Waals surface area contributed by atoms with Gasteiger partial charge in [0.15, 0.2) is 0 Å². The molecule has 6 aromatic rings. The Morgan fingerprint density at radius 3 is 1.24 bits per heavy atom. The second-order valence-electron chi connectivity index (χ2n) is 17.8. The number of aryl methyl sites for hydroxylation is 9. The van der Waals surface area contributed by atoms with E-state index in [1.54, 1.807) is 32.0 Å². The largest absolute Gasteiger partial charge is 1.00 e. The van der Waals surface area contributed by atoms with Crippen molar-refractivity contribution in [1.29, 1.82) is 0 Å². The number of carboxylic acids is 1. The predicted molar refractivity (Wildman–Crippen MR) is 341 cm³/mol. The van der Waals surface area contributed by atoms with Gasteiger partial charge in [-0.3, -0.25) is 39.4 Å². The molecule has 0 radical (unpaired) electrons. The normalized spacial score (nSPS) is 9.83. The summed E-state index contributed by atoms with van der Waals surface area (Å²) in [5.41, 5.74) is 24.3. The molecule has 0 fully saturated rings. The summed E-state index contributed by atoms with van der Waals surface area (Å²) >= 11 is 16.7. The molecule has 6 rings (SSSR count). The van der Waals surface area contributed by atoms with Gasteiger partial charge in [-0.1, -0.05) is 85.7 Å². The standard InChI is InChI=1S/C10H10BrClO4S.C10H12BrNO2.C10H12BrNO.C9H8BrNO4.C8H8BrNO2.C8H11N.HNO2.Na/c1-6-3-8(17(12,14)15)4-7(10(6)11)5-9(13)16-2;1-6-3-8(12)4-7(10(6)11)5-9(13)14-2;1-6-4-9(12-8(3)13)5-7(2)10(6)11;1-5-2-7(11(14)15)3-6(9(5)10)4-8(12)13;1-5-3-7(10(11)12)4-6(2)8(5)9;1-6-3-7(2)5-8(9)4-6;2-1-3;/h3-4H,5H2,1-2H3;3-4H,5,12H2,1-2H3;4-5H,1-3H3,(H,12,13);2-3H,4H2,1H3,(H,12,13);3-4H,1-2H3;3-5H,9H2,1-2H3;(H,2,3);/q;;;;;;;+1/p-1. The smallest absolute Gasteiger partial charge is 0.481 e. The number of esters is 2. The molecular formula is C55H61Br5ClN6NaO15S. The maximum absolute atomic E-state index is 11.2. The summed E-state index contributed by atoms with van der Waals surface area (Å²) in [4.78, 5) is 71.6. The van der Waals surface area contributed by atoms with Crippen molar-refractivity contribution in [2.24, 2.45) is 5.34 Å².